The molecule has 3 nitrogen and oxygen atoms in total. The van der Waals surface area contributed by atoms with E-state index in [9.17, 15) is 9.18 Å². The van der Waals surface area contributed by atoms with Gasteiger partial charge in [-0.2, -0.15) is 0 Å². The zero-order valence-electron chi connectivity index (χ0n) is 7.78. The molecule has 2 aromatic heterocycles. The number of rotatable bonds is 0. The van der Waals surface area contributed by atoms with Crippen LogP contribution in [-0.2, 0) is 0 Å². The Morgan fingerprint density at radius 1 is 1.50 bits per heavy atom. The van der Waals surface area contributed by atoms with Crippen molar-refractivity contribution in [2.75, 3.05) is 0 Å². The minimum atomic E-state index is -0.474. The van der Waals surface area contributed by atoms with Crippen LogP contribution in [0.25, 0.3) is 5.65 Å². The minimum Gasteiger partial charge on any atom is -0.269 e. The Hall–Kier alpha value is -1.07. The van der Waals surface area contributed by atoms with Crippen LogP contribution < -0.4 is 5.56 Å². The summed E-state index contributed by atoms with van der Waals surface area (Å²) in [5.74, 6) is 2.26. The van der Waals surface area contributed by atoms with E-state index in [1.54, 1.807) is 0 Å². The highest BCUT2D eigenvalue weighted by atomic mass is 127. The molecule has 2 heterocycles. The summed E-state index contributed by atoms with van der Waals surface area (Å²) < 4.78 is 14.1. The first-order valence-electron chi connectivity index (χ1n) is 4.18. The lowest BCUT2D eigenvalue weighted by Crippen LogP contribution is -2.14. The average Bonchev–Trinajstić information content (AvgIpc) is 2.27. The molecule has 0 bridgehead atoms. The molecule has 0 radical (unpaired) electrons. The van der Waals surface area contributed by atoms with Gasteiger partial charge in [-0.1, -0.05) is 0 Å². The van der Waals surface area contributed by atoms with E-state index in [0.29, 0.717) is 11.3 Å². The van der Waals surface area contributed by atoms with Crippen LogP contribution in [0, 0.1) is 17.0 Å². The third-order valence-corrected chi connectivity index (χ3v) is 2.68. The van der Waals surface area contributed by atoms with Crippen molar-refractivity contribution in [3.05, 3.63) is 46.3 Å². The zero-order chi connectivity index (χ0) is 11.5. The molecule has 6 heteroatoms. The fraction of sp³-hybridized carbons (Fsp3) is 0. The second kappa shape index (κ2) is 4.84. The third kappa shape index (κ3) is 2.36. The van der Waals surface area contributed by atoms with E-state index in [4.69, 9.17) is 0 Å². The van der Waals surface area contributed by atoms with E-state index in [-0.39, 0.29) is 5.56 Å². The van der Waals surface area contributed by atoms with Crippen molar-refractivity contribution in [1.29, 1.82) is 0 Å². The maximum atomic E-state index is 12.9. The first-order valence-corrected chi connectivity index (χ1v) is 7.54. The second-order valence-electron chi connectivity index (χ2n) is 2.86. The summed E-state index contributed by atoms with van der Waals surface area (Å²) in [4.78, 5) is 15.7. The number of hydrogen-bond acceptors (Lipinski definition) is 3. The van der Waals surface area contributed by atoms with Crippen LogP contribution in [0.5, 0.6) is 0 Å². The van der Waals surface area contributed by atoms with Gasteiger partial charge in [-0.05, 0) is 32.2 Å². The van der Waals surface area contributed by atoms with E-state index in [0.717, 1.165) is 10.6 Å². The summed E-state index contributed by atoms with van der Waals surface area (Å²) >= 11 is 2.03. The molecule has 80 valence electrons. The van der Waals surface area contributed by atoms with Crippen molar-refractivity contribution in [3.8, 4) is 11.2 Å². The SMILES string of the molecule is O=c1cc(C#CSI)nc2ccc(F)cn12. The molecule has 0 fully saturated rings. The number of halogens is 2. The number of aromatic nitrogens is 2. The van der Waals surface area contributed by atoms with Gasteiger partial charge < -0.3 is 0 Å². The standard InChI is InChI=1S/C10H4FIN2OS/c11-7-1-2-9-13-8(3-4-16-12)5-10(15)14(9)6-7/h1-2,5-6H. The summed E-state index contributed by atoms with van der Waals surface area (Å²) in [7, 11) is 1.31. The van der Waals surface area contributed by atoms with Crippen molar-refractivity contribution < 1.29 is 4.39 Å². The predicted octanol–water partition coefficient (Wildman–Crippen LogP) is 2.23. The van der Waals surface area contributed by atoms with Gasteiger partial charge in [-0.15, -0.1) is 0 Å². The van der Waals surface area contributed by atoms with Crippen LogP contribution in [-0.4, -0.2) is 9.38 Å². The van der Waals surface area contributed by atoms with E-state index in [2.05, 4.69) is 16.2 Å². The molecule has 0 spiro atoms. The summed E-state index contributed by atoms with van der Waals surface area (Å²) in [6, 6.07) is 3.98. The van der Waals surface area contributed by atoms with Gasteiger partial charge in [0.25, 0.3) is 5.56 Å². The maximum absolute atomic E-state index is 12.9. The average molecular weight is 346 g/mol. The van der Waals surface area contributed by atoms with Crippen LogP contribution in [0.2, 0.25) is 0 Å². The molecule has 2 rings (SSSR count). The molecule has 0 aliphatic carbocycles. The maximum Gasteiger partial charge on any atom is 0.259 e. The first-order chi connectivity index (χ1) is 7.70. The number of fused-ring (bicyclic) bond motifs is 1. The van der Waals surface area contributed by atoms with Gasteiger partial charge in [-0.3, -0.25) is 9.20 Å². The van der Waals surface area contributed by atoms with Crippen LogP contribution >= 0.6 is 30.1 Å². The molecule has 0 aromatic carbocycles. The summed E-state index contributed by atoms with van der Waals surface area (Å²) in [6.07, 6.45) is 1.11. The normalized spacial score (nSPS) is 9.88. The van der Waals surface area contributed by atoms with Gasteiger partial charge in [0.1, 0.15) is 17.2 Å². The Kier molecular flexibility index (Phi) is 3.46. The van der Waals surface area contributed by atoms with Crippen molar-refractivity contribution in [3.63, 3.8) is 0 Å². The lowest BCUT2D eigenvalue weighted by Gasteiger charge is -1.99. The second-order valence-corrected chi connectivity index (χ2v) is 4.54. The monoisotopic (exact) mass is 346 g/mol. The largest absolute Gasteiger partial charge is 0.269 e. The highest BCUT2D eigenvalue weighted by Crippen LogP contribution is 2.07. The Labute approximate surface area is 107 Å². The minimum absolute atomic E-state index is 0.341. The smallest absolute Gasteiger partial charge is 0.259 e. The number of nitrogens with zero attached hydrogens (tertiary/aromatic N) is 2. The Bertz CT molecular complexity index is 659. The molecule has 0 aliphatic rings. The zero-order valence-corrected chi connectivity index (χ0v) is 10.8. The van der Waals surface area contributed by atoms with Gasteiger partial charge in [-0.25, -0.2) is 9.37 Å². The fourth-order valence-corrected chi connectivity index (χ4v) is 1.69. The van der Waals surface area contributed by atoms with Gasteiger partial charge in [0.05, 0.1) is 0 Å². The number of hydrogen-bond donors (Lipinski definition) is 0. The van der Waals surface area contributed by atoms with E-state index >= 15 is 0 Å². The quantitative estimate of drug-likeness (QED) is 0.542. The van der Waals surface area contributed by atoms with Crippen LogP contribution in [0.3, 0.4) is 0 Å². The molecule has 0 unspecified atom stereocenters. The first kappa shape index (κ1) is 11.4. The van der Waals surface area contributed by atoms with Crippen LogP contribution in [0.1, 0.15) is 5.69 Å². The Morgan fingerprint density at radius 2 is 2.31 bits per heavy atom. The molecule has 0 amide bonds. The van der Waals surface area contributed by atoms with Crippen molar-refractivity contribution in [2.24, 2.45) is 0 Å². The molecular weight excluding hydrogens is 342 g/mol. The highest BCUT2D eigenvalue weighted by molar-refractivity contribution is 14.2. The van der Waals surface area contributed by atoms with Gasteiger partial charge >= 0.3 is 0 Å². The molecule has 16 heavy (non-hydrogen) atoms. The molecule has 0 atom stereocenters. The fourth-order valence-electron chi connectivity index (χ4n) is 1.21. The molecule has 0 aliphatic heterocycles. The predicted molar refractivity (Wildman–Crippen MR) is 69.9 cm³/mol. The van der Waals surface area contributed by atoms with Crippen molar-refractivity contribution >= 4 is 35.8 Å². The van der Waals surface area contributed by atoms with Crippen LogP contribution in [0.15, 0.2) is 29.2 Å². The Balaban J connectivity index is 2.69. The molecule has 0 saturated heterocycles. The molecular formula is C10H4FIN2OS. The topological polar surface area (TPSA) is 34.4 Å². The molecule has 2 aromatic rings. The van der Waals surface area contributed by atoms with Gasteiger partial charge in [0.15, 0.2) is 0 Å². The Morgan fingerprint density at radius 3 is 3.06 bits per heavy atom. The summed E-state index contributed by atoms with van der Waals surface area (Å²) in [5.41, 5.74) is 0.435. The lowest BCUT2D eigenvalue weighted by molar-refractivity contribution is 0.617. The third-order valence-electron chi connectivity index (χ3n) is 1.84. The van der Waals surface area contributed by atoms with Gasteiger partial charge in [0, 0.05) is 33.5 Å². The number of pyridine rings is 1. The van der Waals surface area contributed by atoms with E-state index in [1.165, 1.54) is 27.1 Å². The van der Waals surface area contributed by atoms with Crippen LogP contribution in [0.4, 0.5) is 4.39 Å². The summed E-state index contributed by atoms with van der Waals surface area (Å²) in [5, 5.41) is 2.74. The van der Waals surface area contributed by atoms with E-state index in [1.807, 2.05) is 21.2 Å². The van der Waals surface area contributed by atoms with E-state index < -0.39 is 5.82 Å². The van der Waals surface area contributed by atoms with Crippen molar-refractivity contribution in [2.45, 2.75) is 0 Å². The lowest BCUT2D eigenvalue weighted by atomic mass is 10.4. The summed E-state index contributed by atoms with van der Waals surface area (Å²) in [6.45, 7) is 0. The van der Waals surface area contributed by atoms with Crippen molar-refractivity contribution in [1.82, 2.24) is 9.38 Å². The van der Waals surface area contributed by atoms with Gasteiger partial charge in [0.2, 0.25) is 0 Å². The highest BCUT2D eigenvalue weighted by Gasteiger charge is 2.01. The molecule has 0 N–H and O–H groups in total. The molecule has 0 saturated carbocycles.